The quantitative estimate of drug-likeness (QED) is 0.350. The lowest BCUT2D eigenvalue weighted by molar-refractivity contribution is -0.385. The van der Waals surface area contributed by atoms with E-state index in [4.69, 9.17) is 0 Å². The summed E-state index contributed by atoms with van der Waals surface area (Å²) in [6.07, 6.45) is -3.90. The van der Waals surface area contributed by atoms with E-state index in [0.717, 1.165) is 25.1 Å². The Morgan fingerprint density at radius 3 is 2.50 bits per heavy atom. The van der Waals surface area contributed by atoms with Gasteiger partial charge in [-0.15, -0.1) is 0 Å². The van der Waals surface area contributed by atoms with Gasteiger partial charge in [0.15, 0.2) is 12.4 Å². The van der Waals surface area contributed by atoms with Crippen molar-refractivity contribution in [3.05, 3.63) is 33.9 Å². The van der Waals surface area contributed by atoms with Crippen molar-refractivity contribution < 1.29 is 32.0 Å². The van der Waals surface area contributed by atoms with E-state index in [2.05, 4.69) is 4.74 Å². The zero-order valence-corrected chi connectivity index (χ0v) is 10.1. The van der Waals surface area contributed by atoms with Crippen molar-refractivity contribution >= 4 is 11.5 Å². The van der Waals surface area contributed by atoms with Crippen molar-refractivity contribution in [2.75, 3.05) is 6.61 Å². The molecular formula is C11H9F4NO4. The average molecular weight is 295 g/mol. The number of hydrogen-bond donors (Lipinski definition) is 0. The first kappa shape index (κ1) is 15.9. The van der Waals surface area contributed by atoms with Gasteiger partial charge >= 0.3 is 12.3 Å². The molecule has 0 bridgehead atoms. The first-order chi connectivity index (χ1) is 9.15. The maximum absolute atomic E-state index is 12.6. The standard InChI is InChI=1S/C11H9F4NO4/c1-6(17)8-4-7(2-3-9(8)16(18)19)20-5-11(14,15)10(12)13/h2-4,10H,5H2,1H3. The number of halogens is 4. The van der Waals surface area contributed by atoms with Gasteiger partial charge < -0.3 is 4.74 Å². The van der Waals surface area contributed by atoms with Crippen molar-refractivity contribution in [2.24, 2.45) is 0 Å². The van der Waals surface area contributed by atoms with Gasteiger partial charge in [0, 0.05) is 6.07 Å². The Balaban J connectivity index is 2.96. The number of Topliss-reactive ketones (excluding diaryl/α,β-unsaturated/α-hetero) is 1. The third kappa shape index (κ3) is 3.65. The minimum Gasteiger partial charge on any atom is -0.487 e. The third-order valence-corrected chi connectivity index (χ3v) is 2.29. The van der Waals surface area contributed by atoms with E-state index >= 15 is 0 Å². The van der Waals surface area contributed by atoms with Gasteiger partial charge in [0.05, 0.1) is 10.5 Å². The lowest BCUT2D eigenvalue weighted by Crippen LogP contribution is -2.33. The molecule has 5 nitrogen and oxygen atoms in total. The summed E-state index contributed by atoms with van der Waals surface area (Å²) in [5.74, 6) is -5.36. The fourth-order valence-corrected chi connectivity index (χ4v) is 1.29. The number of nitrogens with zero attached hydrogens (tertiary/aromatic N) is 1. The molecule has 0 fully saturated rings. The second-order valence-electron chi connectivity index (χ2n) is 3.84. The van der Waals surface area contributed by atoms with E-state index in [-0.39, 0.29) is 11.3 Å². The van der Waals surface area contributed by atoms with Crippen LogP contribution in [-0.2, 0) is 0 Å². The molecule has 20 heavy (non-hydrogen) atoms. The molecule has 0 N–H and O–H groups in total. The van der Waals surface area contributed by atoms with Gasteiger partial charge in [0.25, 0.3) is 5.69 Å². The zero-order chi connectivity index (χ0) is 15.5. The van der Waals surface area contributed by atoms with Gasteiger partial charge in [-0.2, -0.15) is 8.78 Å². The molecule has 0 amide bonds. The summed E-state index contributed by atoms with van der Waals surface area (Å²) in [4.78, 5) is 21.0. The van der Waals surface area contributed by atoms with Crippen LogP contribution in [-0.4, -0.2) is 29.7 Å². The summed E-state index contributed by atoms with van der Waals surface area (Å²) in [7, 11) is 0. The highest BCUT2D eigenvalue weighted by molar-refractivity contribution is 5.98. The summed E-state index contributed by atoms with van der Waals surface area (Å²) in [6, 6.07) is 2.70. The predicted molar refractivity (Wildman–Crippen MR) is 59.5 cm³/mol. The van der Waals surface area contributed by atoms with Crippen LogP contribution in [0, 0.1) is 10.1 Å². The molecule has 0 saturated heterocycles. The van der Waals surface area contributed by atoms with Crippen LogP contribution >= 0.6 is 0 Å². The van der Waals surface area contributed by atoms with Crippen molar-refractivity contribution in [2.45, 2.75) is 19.3 Å². The van der Waals surface area contributed by atoms with Crippen molar-refractivity contribution in [1.29, 1.82) is 0 Å². The van der Waals surface area contributed by atoms with Gasteiger partial charge in [-0.3, -0.25) is 14.9 Å². The molecule has 0 saturated carbocycles. The maximum atomic E-state index is 12.6. The van der Waals surface area contributed by atoms with E-state index in [1.807, 2.05) is 0 Å². The summed E-state index contributed by atoms with van der Waals surface area (Å²) in [6.45, 7) is -0.556. The van der Waals surface area contributed by atoms with Crippen LogP contribution in [0.3, 0.4) is 0 Å². The molecular weight excluding hydrogens is 286 g/mol. The molecule has 0 unspecified atom stereocenters. The van der Waals surface area contributed by atoms with Gasteiger partial charge in [-0.25, -0.2) is 8.78 Å². The van der Waals surface area contributed by atoms with Crippen LogP contribution in [0.5, 0.6) is 5.75 Å². The van der Waals surface area contributed by atoms with E-state index in [0.29, 0.717) is 0 Å². The van der Waals surface area contributed by atoms with E-state index in [1.54, 1.807) is 0 Å². The second-order valence-corrected chi connectivity index (χ2v) is 3.84. The Kier molecular flexibility index (Phi) is 4.64. The van der Waals surface area contributed by atoms with Gasteiger partial charge in [-0.1, -0.05) is 0 Å². The number of rotatable bonds is 6. The van der Waals surface area contributed by atoms with Crippen LogP contribution in [0.1, 0.15) is 17.3 Å². The third-order valence-electron chi connectivity index (χ3n) is 2.29. The topological polar surface area (TPSA) is 69.4 Å². The Morgan fingerprint density at radius 1 is 1.45 bits per heavy atom. The fraction of sp³-hybridized carbons (Fsp3) is 0.364. The average Bonchev–Trinajstić information content (AvgIpc) is 2.35. The van der Waals surface area contributed by atoms with Crippen molar-refractivity contribution in [3.8, 4) is 5.75 Å². The largest absolute Gasteiger partial charge is 0.487 e. The lowest BCUT2D eigenvalue weighted by atomic mass is 10.1. The van der Waals surface area contributed by atoms with Crippen LogP contribution in [0.15, 0.2) is 18.2 Å². The minimum absolute atomic E-state index is 0.332. The van der Waals surface area contributed by atoms with Crippen molar-refractivity contribution in [1.82, 2.24) is 0 Å². The van der Waals surface area contributed by atoms with E-state index in [1.165, 1.54) is 0 Å². The Labute approximate surface area is 110 Å². The van der Waals surface area contributed by atoms with Gasteiger partial charge in [0.1, 0.15) is 5.75 Å². The molecule has 0 spiro atoms. The van der Waals surface area contributed by atoms with Crippen LogP contribution in [0.4, 0.5) is 23.2 Å². The number of carbonyl (C=O) groups is 1. The predicted octanol–water partition coefficient (Wildman–Crippen LogP) is 3.08. The molecule has 0 aliphatic heterocycles. The van der Waals surface area contributed by atoms with Crippen molar-refractivity contribution in [3.63, 3.8) is 0 Å². The number of benzene rings is 1. The van der Waals surface area contributed by atoms with E-state index < -0.39 is 35.3 Å². The number of hydrogen-bond acceptors (Lipinski definition) is 4. The summed E-state index contributed by atoms with van der Waals surface area (Å²) in [5.41, 5.74) is -0.877. The minimum atomic E-state index is -4.35. The Bertz CT molecular complexity index is 533. The number of nitro benzene ring substituents is 1. The highest BCUT2D eigenvalue weighted by Gasteiger charge is 2.41. The van der Waals surface area contributed by atoms with Gasteiger partial charge in [-0.05, 0) is 19.1 Å². The number of nitro groups is 1. The highest BCUT2D eigenvalue weighted by atomic mass is 19.3. The van der Waals surface area contributed by atoms with Crippen LogP contribution in [0.2, 0.25) is 0 Å². The Hall–Kier alpha value is -2.19. The summed E-state index contributed by atoms with van der Waals surface area (Å²) >= 11 is 0. The molecule has 0 aromatic heterocycles. The van der Waals surface area contributed by atoms with Gasteiger partial charge in [0.2, 0.25) is 0 Å². The number of ether oxygens (including phenoxy) is 1. The maximum Gasteiger partial charge on any atom is 0.340 e. The first-order valence-corrected chi connectivity index (χ1v) is 5.23. The molecule has 0 aliphatic carbocycles. The highest BCUT2D eigenvalue weighted by Crippen LogP contribution is 2.27. The molecule has 0 atom stereocenters. The number of alkyl halides is 4. The number of carbonyl (C=O) groups excluding carboxylic acids is 1. The summed E-state index contributed by atoms with van der Waals surface area (Å²) in [5, 5.41) is 10.6. The second kappa shape index (κ2) is 5.85. The van der Waals surface area contributed by atoms with Crippen LogP contribution in [0.25, 0.3) is 0 Å². The molecule has 1 rings (SSSR count). The monoisotopic (exact) mass is 295 g/mol. The SMILES string of the molecule is CC(=O)c1cc(OCC(F)(F)C(F)F)ccc1[N+](=O)[O-]. The molecule has 0 radical (unpaired) electrons. The van der Waals surface area contributed by atoms with E-state index in [9.17, 15) is 32.5 Å². The molecule has 1 aromatic carbocycles. The smallest absolute Gasteiger partial charge is 0.340 e. The molecule has 0 aliphatic rings. The Morgan fingerprint density at radius 2 is 2.05 bits per heavy atom. The van der Waals surface area contributed by atoms with Crippen LogP contribution < -0.4 is 4.74 Å². The molecule has 1 aromatic rings. The summed E-state index contributed by atoms with van der Waals surface area (Å²) < 4.78 is 53.6. The zero-order valence-electron chi connectivity index (χ0n) is 10.1. The fourth-order valence-electron chi connectivity index (χ4n) is 1.29. The normalized spacial score (nSPS) is 11.5. The lowest BCUT2D eigenvalue weighted by Gasteiger charge is -2.16. The molecule has 9 heteroatoms. The number of ketones is 1. The molecule has 110 valence electrons. The molecule has 0 heterocycles. The first-order valence-electron chi connectivity index (χ1n) is 5.23.